The molecule has 0 bridgehead atoms. The summed E-state index contributed by atoms with van der Waals surface area (Å²) in [5.74, 6) is -0.388. The van der Waals surface area contributed by atoms with Gasteiger partial charge >= 0.3 is 15.8 Å². The molecule has 0 aliphatic heterocycles. The van der Waals surface area contributed by atoms with Crippen molar-refractivity contribution in [2.45, 2.75) is 4.90 Å². The van der Waals surface area contributed by atoms with Gasteiger partial charge in [-0.3, -0.25) is 14.3 Å². The zero-order chi connectivity index (χ0) is 13.9. The molecule has 0 amide bonds. The zero-order valence-corrected chi connectivity index (χ0v) is 10.7. The minimum atomic E-state index is -4.04. The molecule has 1 aromatic rings. The second-order valence-electron chi connectivity index (χ2n) is 3.05. The van der Waals surface area contributed by atoms with Crippen molar-refractivity contribution in [3.63, 3.8) is 0 Å². The summed E-state index contributed by atoms with van der Waals surface area (Å²) < 4.78 is 37.1. The van der Waals surface area contributed by atoms with Crippen LogP contribution >= 0.6 is 0 Å². The number of benzene rings is 1. The molecule has 0 aliphatic rings. The van der Waals surface area contributed by atoms with Crippen LogP contribution in [0, 0.1) is 10.1 Å². The van der Waals surface area contributed by atoms with Crippen LogP contribution in [0.1, 0.15) is 0 Å². The van der Waals surface area contributed by atoms with Gasteiger partial charge in [-0.2, -0.15) is 8.42 Å². The molecular weight excluding hydrogens is 266 g/mol. The first-order valence-corrected chi connectivity index (χ1v) is 5.99. The number of nitro groups is 1. The third kappa shape index (κ3) is 2.51. The van der Waals surface area contributed by atoms with E-state index in [2.05, 4.69) is 4.18 Å². The Morgan fingerprint density at radius 2 is 1.67 bits per heavy atom. The highest BCUT2D eigenvalue weighted by molar-refractivity contribution is 7.86. The Balaban J connectivity index is 3.60. The maximum Gasteiger partial charge on any atom is 0.314 e. The van der Waals surface area contributed by atoms with E-state index in [1.807, 2.05) is 0 Å². The minimum absolute atomic E-state index is 0.190. The first-order chi connectivity index (χ1) is 8.37. The van der Waals surface area contributed by atoms with Crippen LogP contribution in [0.3, 0.4) is 0 Å². The number of ether oxygens (including phenoxy) is 2. The van der Waals surface area contributed by atoms with E-state index in [-0.39, 0.29) is 16.4 Å². The molecule has 0 heterocycles. The van der Waals surface area contributed by atoms with Crippen molar-refractivity contribution in [2.75, 3.05) is 21.3 Å². The summed E-state index contributed by atoms with van der Waals surface area (Å²) in [5.41, 5.74) is -0.399. The van der Waals surface area contributed by atoms with Gasteiger partial charge in [-0.25, -0.2) is 0 Å². The topological polar surface area (TPSA) is 105 Å². The van der Waals surface area contributed by atoms with E-state index >= 15 is 0 Å². The molecule has 0 atom stereocenters. The molecular formula is C9H11NO7S. The first kappa shape index (κ1) is 14.2. The Kier molecular flexibility index (Phi) is 4.09. The molecule has 0 spiro atoms. The lowest BCUT2D eigenvalue weighted by Gasteiger charge is -2.10. The van der Waals surface area contributed by atoms with Gasteiger partial charge in [0.25, 0.3) is 0 Å². The summed E-state index contributed by atoms with van der Waals surface area (Å²) in [6.07, 6.45) is 0. The average Bonchev–Trinajstić information content (AvgIpc) is 2.36. The molecule has 0 saturated carbocycles. The minimum Gasteiger partial charge on any atom is -0.495 e. The van der Waals surface area contributed by atoms with Gasteiger partial charge in [-0.05, 0) is 0 Å². The molecule has 18 heavy (non-hydrogen) atoms. The molecule has 0 aromatic heterocycles. The van der Waals surface area contributed by atoms with Crippen molar-refractivity contribution < 1.29 is 27.0 Å². The van der Waals surface area contributed by atoms with Crippen LogP contribution in [0.25, 0.3) is 0 Å². The van der Waals surface area contributed by atoms with E-state index in [1.165, 1.54) is 14.2 Å². The Morgan fingerprint density at radius 1 is 1.11 bits per heavy atom. The quantitative estimate of drug-likeness (QED) is 0.448. The number of nitro benzene ring substituents is 1. The third-order valence-corrected chi connectivity index (χ3v) is 3.45. The number of hydrogen-bond donors (Lipinski definition) is 0. The largest absolute Gasteiger partial charge is 0.495 e. The van der Waals surface area contributed by atoms with Gasteiger partial charge in [0, 0.05) is 6.07 Å². The summed E-state index contributed by atoms with van der Waals surface area (Å²) in [6, 6.07) is 1.94. The Bertz CT molecular complexity index is 567. The number of rotatable bonds is 5. The highest BCUT2D eigenvalue weighted by Crippen LogP contribution is 2.37. The predicted octanol–water partition coefficient (Wildman–Crippen LogP) is 0.947. The van der Waals surface area contributed by atoms with Crippen molar-refractivity contribution >= 4 is 15.8 Å². The lowest BCUT2D eigenvalue weighted by atomic mass is 10.3. The maximum absolute atomic E-state index is 11.6. The van der Waals surface area contributed by atoms with Crippen molar-refractivity contribution in [3.05, 3.63) is 22.2 Å². The van der Waals surface area contributed by atoms with E-state index in [0.717, 1.165) is 19.2 Å². The maximum atomic E-state index is 11.6. The standard InChI is InChI=1S/C9H11NO7S/c1-15-7-5-9(18(13,14)17-3)8(16-2)4-6(7)10(11)12/h4-5H,1-3H3. The molecule has 8 nitrogen and oxygen atoms in total. The normalized spacial score (nSPS) is 11.1. The van der Waals surface area contributed by atoms with Crippen LogP contribution < -0.4 is 9.47 Å². The summed E-state index contributed by atoms with van der Waals surface area (Å²) in [5, 5.41) is 10.8. The van der Waals surface area contributed by atoms with Gasteiger partial charge in [0.05, 0.1) is 32.3 Å². The molecule has 9 heteroatoms. The van der Waals surface area contributed by atoms with E-state index in [9.17, 15) is 18.5 Å². The van der Waals surface area contributed by atoms with Crippen molar-refractivity contribution in [1.29, 1.82) is 0 Å². The number of methoxy groups -OCH3 is 2. The Morgan fingerprint density at radius 3 is 2.06 bits per heavy atom. The highest BCUT2D eigenvalue weighted by atomic mass is 32.2. The highest BCUT2D eigenvalue weighted by Gasteiger charge is 2.26. The molecule has 100 valence electrons. The van der Waals surface area contributed by atoms with Gasteiger partial charge in [0.2, 0.25) is 0 Å². The van der Waals surface area contributed by atoms with Crippen LogP contribution in [0.4, 0.5) is 5.69 Å². The fraction of sp³-hybridized carbons (Fsp3) is 0.333. The van der Waals surface area contributed by atoms with Gasteiger partial charge in [-0.1, -0.05) is 0 Å². The summed E-state index contributed by atoms with van der Waals surface area (Å²) >= 11 is 0. The molecule has 1 rings (SSSR count). The van der Waals surface area contributed by atoms with E-state index in [0.29, 0.717) is 0 Å². The van der Waals surface area contributed by atoms with Crippen LogP contribution in [0.5, 0.6) is 11.5 Å². The first-order valence-electron chi connectivity index (χ1n) is 4.58. The molecule has 0 fully saturated rings. The molecule has 0 aliphatic carbocycles. The lowest BCUT2D eigenvalue weighted by Crippen LogP contribution is -2.06. The number of nitrogens with zero attached hydrogens (tertiary/aromatic N) is 1. The van der Waals surface area contributed by atoms with Crippen molar-refractivity contribution in [3.8, 4) is 11.5 Å². The van der Waals surface area contributed by atoms with Gasteiger partial charge in [0.1, 0.15) is 10.6 Å². The molecule has 0 radical (unpaired) electrons. The summed E-state index contributed by atoms with van der Waals surface area (Å²) in [7, 11) is -0.682. The SMILES string of the molecule is COc1cc(S(=O)(=O)OC)c(OC)cc1[N+](=O)[O-]. The van der Waals surface area contributed by atoms with Crippen LogP contribution in [-0.4, -0.2) is 34.7 Å². The van der Waals surface area contributed by atoms with Crippen LogP contribution in [-0.2, 0) is 14.3 Å². The second-order valence-corrected chi connectivity index (χ2v) is 4.73. The third-order valence-electron chi connectivity index (χ3n) is 2.15. The molecule has 0 N–H and O–H groups in total. The van der Waals surface area contributed by atoms with Crippen LogP contribution in [0.2, 0.25) is 0 Å². The van der Waals surface area contributed by atoms with E-state index in [4.69, 9.17) is 9.47 Å². The fourth-order valence-electron chi connectivity index (χ4n) is 1.28. The Hall–Kier alpha value is -1.87. The molecule has 1 aromatic carbocycles. The Labute approximate surface area is 103 Å². The average molecular weight is 277 g/mol. The fourth-order valence-corrected chi connectivity index (χ4v) is 2.10. The number of hydrogen-bond acceptors (Lipinski definition) is 7. The zero-order valence-electron chi connectivity index (χ0n) is 9.87. The smallest absolute Gasteiger partial charge is 0.314 e. The molecule has 0 unspecified atom stereocenters. The van der Waals surface area contributed by atoms with Gasteiger partial charge in [0.15, 0.2) is 5.75 Å². The summed E-state index contributed by atoms with van der Waals surface area (Å²) in [4.78, 5) is 9.73. The summed E-state index contributed by atoms with van der Waals surface area (Å²) in [6.45, 7) is 0. The van der Waals surface area contributed by atoms with E-state index < -0.39 is 20.7 Å². The van der Waals surface area contributed by atoms with Gasteiger partial charge in [-0.15, -0.1) is 0 Å². The van der Waals surface area contributed by atoms with Gasteiger partial charge < -0.3 is 9.47 Å². The van der Waals surface area contributed by atoms with Crippen LogP contribution in [0.15, 0.2) is 17.0 Å². The second kappa shape index (κ2) is 5.19. The van der Waals surface area contributed by atoms with Crippen molar-refractivity contribution in [2.24, 2.45) is 0 Å². The monoisotopic (exact) mass is 277 g/mol. The van der Waals surface area contributed by atoms with Crippen molar-refractivity contribution in [1.82, 2.24) is 0 Å². The van der Waals surface area contributed by atoms with E-state index in [1.54, 1.807) is 0 Å². The molecule has 0 saturated heterocycles. The lowest BCUT2D eigenvalue weighted by molar-refractivity contribution is -0.385. The predicted molar refractivity (Wildman–Crippen MR) is 60.4 cm³/mol.